The summed E-state index contributed by atoms with van der Waals surface area (Å²) < 4.78 is 26.4. The molecular weight excluding hydrogens is 346 g/mol. The van der Waals surface area contributed by atoms with Crippen LogP contribution in [0.1, 0.15) is 15.9 Å². The van der Waals surface area contributed by atoms with Crippen LogP contribution < -0.4 is 0 Å². The first-order chi connectivity index (χ1) is 11.5. The Morgan fingerprint density at radius 1 is 1.00 bits per heavy atom. The van der Waals surface area contributed by atoms with Gasteiger partial charge in [-0.2, -0.15) is 0 Å². The number of carbonyl (C=O) groups is 1. The molecule has 3 rings (SSSR count). The predicted octanol–water partition coefficient (Wildman–Crippen LogP) is 4.00. The Morgan fingerprint density at radius 3 is 2.46 bits per heavy atom. The third kappa shape index (κ3) is 3.13. The molecule has 0 radical (unpaired) electrons. The molecule has 24 heavy (non-hydrogen) atoms. The molecule has 0 aliphatic heterocycles. The topological polar surface area (TPSA) is 56.1 Å². The van der Waals surface area contributed by atoms with Crippen molar-refractivity contribution in [1.29, 1.82) is 0 Å². The van der Waals surface area contributed by atoms with E-state index in [1.54, 1.807) is 48.6 Å². The lowest BCUT2D eigenvalue weighted by Crippen LogP contribution is -2.14. The van der Waals surface area contributed by atoms with E-state index in [0.717, 1.165) is 9.54 Å². The van der Waals surface area contributed by atoms with Crippen molar-refractivity contribution >= 4 is 44.9 Å². The maximum Gasteiger partial charge on any atom is 0.242 e. The first-order valence-electron chi connectivity index (χ1n) is 7.22. The van der Waals surface area contributed by atoms with Gasteiger partial charge in [-0.25, -0.2) is 12.4 Å². The van der Waals surface area contributed by atoms with Crippen molar-refractivity contribution in [3.8, 4) is 0 Å². The molecule has 122 valence electrons. The van der Waals surface area contributed by atoms with Gasteiger partial charge in [0.2, 0.25) is 10.0 Å². The lowest BCUT2D eigenvalue weighted by molar-refractivity contribution is 0.112. The average molecular weight is 360 g/mol. The minimum atomic E-state index is -3.63. The van der Waals surface area contributed by atoms with E-state index in [4.69, 9.17) is 11.6 Å². The molecule has 0 spiro atoms. The number of fused-ring (bicyclic) bond motifs is 1. The Bertz CT molecular complexity index is 1040. The van der Waals surface area contributed by atoms with Crippen LogP contribution >= 0.6 is 11.6 Å². The molecule has 0 N–H and O–H groups in total. The monoisotopic (exact) mass is 359 g/mol. The van der Waals surface area contributed by atoms with Crippen molar-refractivity contribution in [3.63, 3.8) is 0 Å². The van der Waals surface area contributed by atoms with Gasteiger partial charge in [-0.15, -0.1) is 0 Å². The summed E-state index contributed by atoms with van der Waals surface area (Å²) in [5.41, 5.74) is 1.59. The van der Waals surface area contributed by atoms with E-state index in [9.17, 15) is 13.2 Å². The fourth-order valence-electron chi connectivity index (χ4n) is 2.49. The normalized spacial score (nSPS) is 12.0. The highest BCUT2D eigenvalue weighted by Gasteiger charge is 2.17. The lowest BCUT2D eigenvalue weighted by atomic mass is 10.2. The van der Waals surface area contributed by atoms with Gasteiger partial charge in [-0.3, -0.25) is 4.79 Å². The molecule has 0 aliphatic carbocycles. The summed E-state index contributed by atoms with van der Waals surface area (Å²) in [6, 6.07) is 14.1. The zero-order valence-electron chi connectivity index (χ0n) is 12.6. The number of halogens is 1. The number of hydrogen-bond donors (Lipinski definition) is 0. The second-order valence-corrected chi connectivity index (χ2v) is 7.52. The molecule has 1 aromatic heterocycles. The van der Waals surface area contributed by atoms with Crippen LogP contribution in [-0.2, 0) is 10.0 Å². The Labute approximate surface area is 145 Å². The standard InChI is InChI=1S/C18H14ClNO3S/c19-17-9-3-1-6-14(17)7-5-11-24(22,23)20-12-15(13-21)16-8-2-4-10-18(16)20/h1-10,12-13H,11H2. The second kappa shape index (κ2) is 6.63. The highest BCUT2D eigenvalue weighted by atomic mass is 35.5. The smallest absolute Gasteiger partial charge is 0.242 e. The second-order valence-electron chi connectivity index (χ2n) is 5.22. The number of carbonyl (C=O) groups excluding carboxylic acids is 1. The van der Waals surface area contributed by atoms with E-state index in [0.29, 0.717) is 27.8 Å². The minimum Gasteiger partial charge on any atom is -0.298 e. The molecule has 3 aromatic rings. The molecule has 1 heterocycles. The highest BCUT2D eigenvalue weighted by molar-refractivity contribution is 7.90. The fraction of sp³-hybridized carbons (Fsp3) is 0.0556. The third-order valence-corrected chi connectivity index (χ3v) is 5.50. The van der Waals surface area contributed by atoms with Gasteiger partial charge in [-0.05, 0) is 17.7 Å². The Balaban J connectivity index is 1.94. The molecule has 0 fully saturated rings. The Morgan fingerprint density at radius 2 is 1.71 bits per heavy atom. The lowest BCUT2D eigenvalue weighted by Gasteiger charge is -2.05. The first-order valence-corrected chi connectivity index (χ1v) is 9.21. The van der Waals surface area contributed by atoms with E-state index < -0.39 is 10.0 Å². The predicted molar refractivity (Wildman–Crippen MR) is 97.0 cm³/mol. The minimum absolute atomic E-state index is 0.199. The van der Waals surface area contributed by atoms with Crippen molar-refractivity contribution in [2.45, 2.75) is 0 Å². The van der Waals surface area contributed by atoms with E-state index in [1.165, 1.54) is 6.20 Å². The quantitative estimate of drug-likeness (QED) is 0.647. The Kier molecular flexibility index (Phi) is 4.55. The van der Waals surface area contributed by atoms with Crippen LogP contribution in [0.2, 0.25) is 5.02 Å². The molecule has 2 aromatic carbocycles. The number of nitrogens with zero attached hydrogens (tertiary/aromatic N) is 1. The summed E-state index contributed by atoms with van der Waals surface area (Å²) in [5, 5.41) is 1.17. The molecule has 0 atom stereocenters. The van der Waals surface area contributed by atoms with Gasteiger partial charge < -0.3 is 0 Å². The van der Waals surface area contributed by atoms with Crippen LogP contribution in [-0.4, -0.2) is 24.4 Å². The molecular formula is C18H14ClNO3S. The summed E-state index contributed by atoms with van der Waals surface area (Å²) >= 11 is 6.05. The largest absolute Gasteiger partial charge is 0.298 e. The zero-order chi connectivity index (χ0) is 17.2. The third-order valence-electron chi connectivity index (χ3n) is 3.64. The van der Waals surface area contributed by atoms with Gasteiger partial charge in [0.15, 0.2) is 6.29 Å². The molecule has 0 bridgehead atoms. The van der Waals surface area contributed by atoms with Gasteiger partial charge >= 0.3 is 0 Å². The highest BCUT2D eigenvalue weighted by Crippen LogP contribution is 2.22. The maximum atomic E-state index is 12.6. The Hall–Kier alpha value is -2.37. The fourth-order valence-corrected chi connectivity index (χ4v) is 3.92. The van der Waals surface area contributed by atoms with Crippen LogP contribution in [0.4, 0.5) is 0 Å². The zero-order valence-corrected chi connectivity index (χ0v) is 14.2. The van der Waals surface area contributed by atoms with Crippen molar-refractivity contribution in [2.75, 3.05) is 5.75 Å². The van der Waals surface area contributed by atoms with Gasteiger partial charge in [0.05, 0.1) is 11.3 Å². The van der Waals surface area contributed by atoms with Gasteiger partial charge in [0, 0.05) is 22.2 Å². The van der Waals surface area contributed by atoms with Crippen molar-refractivity contribution in [1.82, 2.24) is 3.97 Å². The number of hydrogen-bond acceptors (Lipinski definition) is 3. The van der Waals surface area contributed by atoms with Crippen LogP contribution in [0.5, 0.6) is 0 Å². The number of aromatic nitrogens is 1. The van der Waals surface area contributed by atoms with Crippen LogP contribution in [0.3, 0.4) is 0 Å². The van der Waals surface area contributed by atoms with E-state index in [1.807, 2.05) is 12.1 Å². The number of aldehydes is 1. The number of para-hydroxylation sites is 1. The van der Waals surface area contributed by atoms with Crippen LogP contribution in [0.25, 0.3) is 17.0 Å². The molecule has 6 heteroatoms. The first kappa shape index (κ1) is 16.5. The average Bonchev–Trinajstić information content (AvgIpc) is 2.96. The SMILES string of the molecule is O=Cc1cn(S(=O)(=O)CC=Cc2ccccc2Cl)c2ccccc12. The van der Waals surface area contributed by atoms with E-state index in [2.05, 4.69) is 0 Å². The van der Waals surface area contributed by atoms with Crippen molar-refractivity contribution in [2.24, 2.45) is 0 Å². The molecule has 0 unspecified atom stereocenters. The van der Waals surface area contributed by atoms with Crippen LogP contribution in [0.15, 0.2) is 60.8 Å². The summed E-state index contributed by atoms with van der Waals surface area (Å²) in [7, 11) is -3.63. The van der Waals surface area contributed by atoms with E-state index >= 15 is 0 Å². The van der Waals surface area contributed by atoms with Crippen LogP contribution in [0, 0.1) is 0 Å². The molecule has 4 nitrogen and oxygen atoms in total. The van der Waals surface area contributed by atoms with Crippen molar-refractivity contribution < 1.29 is 13.2 Å². The maximum absolute atomic E-state index is 12.6. The van der Waals surface area contributed by atoms with Gasteiger partial charge in [0.25, 0.3) is 0 Å². The molecule has 0 saturated heterocycles. The number of rotatable bonds is 5. The summed E-state index contributed by atoms with van der Waals surface area (Å²) in [6.07, 6.45) is 5.24. The van der Waals surface area contributed by atoms with Gasteiger partial charge in [-0.1, -0.05) is 60.2 Å². The van der Waals surface area contributed by atoms with E-state index in [-0.39, 0.29) is 5.75 Å². The van der Waals surface area contributed by atoms with Gasteiger partial charge in [0.1, 0.15) is 0 Å². The summed E-state index contributed by atoms with van der Waals surface area (Å²) in [5.74, 6) is -0.199. The molecule has 0 saturated carbocycles. The van der Waals surface area contributed by atoms with Crippen molar-refractivity contribution in [3.05, 3.63) is 77.0 Å². The molecule has 0 amide bonds. The number of benzene rings is 2. The summed E-state index contributed by atoms with van der Waals surface area (Å²) in [6.45, 7) is 0. The molecule has 0 aliphatic rings. The summed E-state index contributed by atoms with van der Waals surface area (Å²) in [4.78, 5) is 11.2.